The van der Waals surface area contributed by atoms with Gasteiger partial charge in [-0.25, -0.2) is 9.69 Å². The maximum Gasteiger partial charge on any atom is 0.417 e. The van der Waals surface area contributed by atoms with Crippen molar-refractivity contribution < 1.29 is 50.1 Å². The summed E-state index contributed by atoms with van der Waals surface area (Å²) < 4.78 is 96.5. The lowest BCUT2D eigenvalue weighted by Crippen LogP contribution is -2.59. The van der Waals surface area contributed by atoms with Crippen LogP contribution in [0.1, 0.15) is 45.8 Å². The van der Waals surface area contributed by atoms with E-state index < -0.39 is 52.6 Å². The molecule has 2 aliphatic heterocycles. The van der Waals surface area contributed by atoms with Crippen molar-refractivity contribution in [3.63, 3.8) is 0 Å². The summed E-state index contributed by atoms with van der Waals surface area (Å²) in [5.74, 6) is -1.58. The van der Waals surface area contributed by atoms with Gasteiger partial charge < -0.3 is 19.1 Å². The van der Waals surface area contributed by atoms with Gasteiger partial charge in [-0.1, -0.05) is 30.3 Å². The summed E-state index contributed by atoms with van der Waals surface area (Å²) in [6, 6.07) is 9.63. The van der Waals surface area contributed by atoms with Gasteiger partial charge in [-0.15, -0.1) is 4.98 Å². The minimum atomic E-state index is -5.10. The van der Waals surface area contributed by atoms with Crippen molar-refractivity contribution in [3.05, 3.63) is 70.8 Å². The number of likely N-dealkylation sites (tertiary alicyclic amines) is 1. The highest BCUT2D eigenvalue weighted by Gasteiger charge is 2.52. The molecule has 2 amide bonds. The Morgan fingerprint density at radius 3 is 1.93 bits per heavy atom. The third-order valence-corrected chi connectivity index (χ3v) is 7.63. The molecule has 0 saturated carbocycles. The van der Waals surface area contributed by atoms with Crippen molar-refractivity contribution >= 4 is 17.9 Å². The van der Waals surface area contributed by atoms with Gasteiger partial charge in [-0.05, 0) is 23.8 Å². The molecule has 1 atom stereocenters. The second kappa shape index (κ2) is 11.5. The number of anilines is 1. The van der Waals surface area contributed by atoms with Crippen molar-refractivity contribution in [2.24, 2.45) is 0 Å². The van der Waals surface area contributed by atoms with Crippen molar-refractivity contribution in [1.82, 2.24) is 19.9 Å². The van der Waals surface area contributed by atoms with Crippen molar-refractivity contribution in [1.29, 1.82) is 0 Å². The van der Waals surface area contributed by atoms with Crippen LogP contribution in [0.25, 0.3) is 0 Å². The molecule has 1 aromatic heterocycles. The summed E-state index contributed by atoms with van der Waals surface area (Å²) in [5.41, 5.74) is -4.28. The number of methoxy groups -OCH3 is 2. The first kappa shape index (κ1) is 30.8. The number of alkyl halides is 6. The zero-order valence-electron chi connectivity index (χ0n) is 23.3. The number of hydrogen-bond acceptors (Lipinski definition) is 8. The zero-order chi connectivity index (χ0) is 31.9. The fourth-order valence-corrected chi connectivity index (χ4v) is 5.41. The van der Waals surface area contributed by atoms with Crippen molar-refractivity contribution in [3.8, 4) is 12.0 Å². The summed E-state index contributed by atoms with van der Waals surface area (Å²) in [4.78, 5) is 41.2. The number of hydrogen-bond donors (Lipinski definition) is 0. The summed E-state index contributed by atoms with van der Waals surface area (Å²) in [6.07, 6.45) is -10.9. The Morgan fingerprint density at radius 1 is 0.886 bits per heavy atom. The van der Waals surface area contributed by atoms with E-state index in [0.29, 0.717) is 12.1 Å². The maximum atomic E-state index is 13.4. The monoisotopic (exact) mass is 625 g/mol. The minimum absolute atomic E-state index is 0.0304. The molecular formula is C28H25F6N5O5. The van der Waals surface area contributed by atoms with Crippen LogP contribution in [0, 0.1) is 0 Å². The van der Waals surface area contributed by atoms with Gasteiger partial charge in [0.25, 0.3) is 5.91 Å². The van der Waals surface area contributed by atoms with Crippen LogP contribution in [0.4, 0.5) is 37.1 Å². The van der Waals surface area contributed by atoms with Crippen LogP contribution in [-0.2, 0) is 17.1 Å². The fraction of sp³-hybridized carbons (Fsp3) is 0.393. The molecule has 0 N–H and O–H groups in total. The Hall–Kier alpha value is -4.63. The van der Waals surface area contributed by atoms with E-state index in [2.05, 4.69) is 15.0 Å². The molecule has 2 aromatic carbocycles. The molecule has 0 aliphatic carbocycles. The lowest BCUT2D eigenvalue weighted by atomic mass is 9.74. The molecule has 2 fully saturated rings. The second-order valence-corrected chi connectivity index (χ2v) is 10.2. The minimum Gasteiger partial charge on any atom is -0.467 e. The molecule has 16 heteroatoms. The lowest BCUT2D eigenvalue weighted by Gasteiger charge is -2.50. The van der Waals surface area contributed by atoms with Crippen LogP contribution >= 0.6 is 0 Å². The van der Waals surface area contributed by atoms with E-state index in [1.165, 1.54) is 19.1 Å². The van der Waals surface area contributed by atoms with Crippen LogP contribution in [0.15, 0.2) is 48.5 Å². The molecule has 1 spiro atoms. The molecular weight excluding hydrogens is 600 g/mol. The number of carbonyl (C=O) groups excluding carboxylic acids is 2. The predicted octanol–water partition coefficient (Wildman–Crippen LogP) is 5.34. The number of carbonyl (C=O) groups is 2. The first-order chi connectivity index (χ1) is 20.7. The van der Waals surface area contributed by atoms with E-state index in [4.69, 9.17) is 14.2 Å². The highest BCUT2D eigenvalue weighted by atomic mass is 19.4. The summed E-state index contributed by atoms with van der Waals surface area (Å²) >= 11 is 0. The van der Waals surface area contributed by atoms with E-state index in [-0.39, 0.29) is 56.5 Å². The summed E-state index contributed by atoms with van der Waals surface area (Å²) in [7, 11) is 2.65. The van der Waals surface area contributed by atoms with Crippen LogP contribution in [-0.4, -0.2) is 71.3 Å². The Kier molecular flexibility index (Phi) is 8.03. The molecule has 0 unspecified atom stereocenters. The highest BCUT2D eigenvalue weighted by Crippen LogP contribution is 2.45. The van der Waals surface area contributed by atoms with Crippen LogP contribution < -0.4 is 14.4 Å². The summed E-state index contributed by atoms with van der Waals surface area (Å²) in [6.45, 7) is -0.156. The second-order valence-electron chi connectivity index (χ2n) is 10.2. The van der Waals surface area contributed by atoms with E-state index >= 15 is 0 Å². The maximum absolute atomic E-state index is 13.4. The molecule has 3 heterocycles. The number of aromatic nitrogens is 3. The van der Waals surface area contributed by atoms with E-state index in [9.17, 15) is 35.9 Å². The van der Waals surface area contributed by atoms with Gasteiger partial charge in [-0.2, -0.15) is 36.3 Å². The largest absolute Gasteiger partial charge is 0.467 e. The van der Waals surface area contributed by atoms with Gasteiger partial charge in [0.2, 0.25) is 5.95 Å². The average Bonchev–Trinajstić information content (AvgIpc) is 3.00. The molecule has 3 aromatic rings. The number of amides is 2. The summed E-state index contributed by atoms with van der Waals surface area (Å²) in [5, 5.41) is 0. The van der Waals surface area contributed by atoms with Crippen LogP contribution in [0.2, 0.25) is 0 Å². The lowest BCUT2D eigenvalue weighted by molar-refractivity contribution is -0.143. The smallest absolute Gasteiger partial charge is 0.417 e. The Labute approximate surface area is 246 Å². The molecule has 2 saturated heterocycles. The molecule has 0 radical (unpaired) electrons. The third kappa shape index (κ3) is 6.05. The first-order valence-electron chi connectivity index (χ1n) is 13.2. The fourth-order valence-electron chi connectivity index (χ4n) is 5.41. The highest BCUT2D eigenvalue weighted by molar-refractivity contribution is 5.95. The zero-order valence-corrected chi connectivity index (χ0v) is 23.3. The number of benzene rings is 2. The molecule has 10 nitrogen and oxygen atoms in total. The van der Waals surface area contributed by atoms with E-state index in [1.54, 1.807) is 18.2 Å². The normalized spacial score (nSPS) is 18.6. The van der Waals surface area contributed by atoms with Gasteiger partial charge in [0, 0.05) is 44.0 Å². The van der Waals surface area contributed by atoms with Gasteiger partial charge in [-0.3, -0.25) is 4.79 Å². The van der Waals surface area contributed by atoms with E-state index in [0.717, 1.165) is 10.5 Å². The standard InChI is InChI=1S/C28H25F6N5O5/c1-42-23-35-22(36-24(37-23)43-2)39-15-20(16-6-4-3-5-7-16)26(44-25(39)41)8-10-38(11-9-26)21(40)17-12-18(27(29,30)31)14-19(13-17)28(32,33)34/h3-7,12-14,20H,8-11,15H2,1-2H3/t20-/m1/s1. The number of ether oxygens (including phenoxy) is 3. The van der Waals surface area contributed by atoms with Gasteiger partial charge >= 0.3 is 30.5 Å². The molecule has 0 bridgehead atoms. The molecule has 2 aliphatic rings. The van der Waals surface area contributed by atoms with Gasteiger partial charge in [0.05, 0.1) is 25.3 Å². The van der Waals surface area contributed by atoms with Gasteiger partial charge in [0.15, 0.2) is 0 Å². The number of halogens is 6. The molecule has 5 rings (SSSR count). The quantitative estimate of drug-likeness (QED) is 0.350. The average molecular weight is 626 g/mol. The third-order valence-electron chi connectivity index (χ3n) is 7.63. The van der Waals surface area contributed by atoms with Crippen molar-refractivity contribution in [2.45, 2.75) is 36.7 Å². The van der Waals surface area contributed by atoms with Crippen LogP contribution in [0.5, 0.6) is 12.0 Å². The Bertz CT molecular complexity index is 1490. The molecule has 234 valence electrons. The number of piperidine rings is 1. The Balaban J connectivity index is 1.43. The SMILES string of the molecule is COc1nc(OC)nc(N2C[C@H](c3ccccc3)C3(CCN(C(=O)c4cc(C(F)(F)F)cc(C(F)(F)F)c4)CC3)OC2=O)n1. The van der Waals surface area contributed by atoms with Crippen LogP contribution in [0.3, 0.4) is 0 Å². The number of rotatable bonds is 5. The first-order valence-corrected chi connectivity index (χ1v) is 13.2. The van der Waals surface area contributed by atoms with Crippen molar-refractivity contribution in [2.75, 3.05) is 38.8 Å². The topological polar surface area (TPSA) is 107 Å². The number of nitrogens with zero attached hydrogens (tertiary/aromatic N) is 5. The van der Waals surface area contributed by atoms with E-state index in [1.807, 2.05) is 12.1 Å². The predicted molar refractivity (Wildman–Crippen MR) is 140 cm³/mol. The molecule has 44 heavy (non-hydrogen) atoms. The van der Waals surface area contributed by atoms with Gasteiger partial charge in [0.1, 0.15) is 5.60 Å². The Morgan fingerprint density at radius 2 is 1.43 bits per heavy atom.